The van der Waals surface area contributed by atoms with Gasteiger partial charge in [0.2, 0.25) is 0 Å². The summed E-state index contributed by atoms with van der Waals surface area (Å²) in [5, 5.41) is 11.2. The van der Waals surface area contributed by atoms with Gasteiger partial charge in [0.25, 0.3) is 5.69 Å². The van der Waals surface area contributed by atoms with Crippen LogP contribution in [0.5, 0.6) is 0 Å². The van der Waals surface area contributed by atoms with Crippen LogP contribution in [0.4, 0.5) is 16.2 Å². The van der Waals surface area contributed by atoms with Crippen LogP contribution in [0.1, 0.15) is 45.0 Å². The van der Waals surface area contributed by atoms with Gasteiger partial charge in [0.1, 0.15) is 11.2 Å². The number of anilines is 1. The molecule has 0 saturated carbocycles. The number of esters is 1. The van der Waals surface area contributed by atoms with E-state index in [1.807, 2.05) is 32.6 Å². The fraction of sp³-hybridized carbons (Fsp3) is 0.579. The summed E-state index contributed by atoms with van der Waals surface area (Å²) >= 11 is 0. The molecule has 154 valence electrons. The molecule has 1 fully saturated rings. The molecule has 0 radical (unpaired) electrons. The van der Waals surface area contributed by atoms with E-state index in [1.54, 1.807) is 17.9 Å². The zero-order valence-electron chi connectivity index (χ0n) is 16.9. The van der Waals surface area contributed by atoms with Gasteiger partial charge in [-0.2, -0.15) is 0 Å². The van der Waals surface area contributed by atoms with Gasteiger partial charge in [-0.25, -0.2) is 9.59 Å². The highest BCUT2D eigenvalue weighted by Crippen LogP contribution is 2.28. The lowest BCUT2D eigenvalue weighted by atomic mass is 10.1. The third kappa shape index (κ3) is 5.11. The van der Waals surface area contributed by atoms with E-state index in [1.165, 1.54) is 12.1 Å². The van der Waals surface area contributed by atoms with Crippen LogP contribution in [0.3, 0.4) is 0 Å². The Bertz CT molecular complexity index is 759. The number of nitro benzene ring substituents is 1. The van der Waals surface area contributed by atoms with Gasteiger partial charge in [-0.15, -0.1) is 0 Å². The third-order valence-electron chi connectivity index (χ3n) is 4.28. The Morgan fingerprint density at radius 1 is 1.29 bits per heavy atom. The van der Waals surface area contributed by atoms with Crippen molar-refractivity contribution >= 4 is 23.4 Å². The summed E-state index contributed by atoms with van der Waals surface area (Å²) in [5.74, 6) is -0.726. The van der Waals surface area contributed by atoms with Crippen molar-refractivity contribution in [1.29, 1.82) is 0 Å². The monoisotopic (exact) mass is 393 g/mol. The van der Waals surface area contributed by atoms with E-state index >= 15 is 0 Å². The average molecular weight is 393 g/mol. The van der Waals surface area contributed by atoms with E-state index in [2.05, 4.69) is 0 Å². The van der Waals surface area contributed by atoms with Crippen molar-refractivity contribution in [2.45, 2.75) is 46.3 Å². The highest BCUT2D eigenvalue weighted by molar-refractivity contribution is 5.95. The smallest absolute Gasteiger partial charge is 0.410 e. The number of piperazine rings is 1. The van der Waals surface area contributed by atoms with Crippen LogP contribution in [0, 0.1) is 10.1 Å². The highest BCUT2D eigenvalue weighted by Gasteiger charge is 2.31. The lowest BCUT2D eigenvalue weighted by Crippen LogP contribution is -2.54. The molecular formula is C19H27N3O6. The van der Waals surface area contributed by atoms with E-state index in [-0.39, 0.29) is 30.0 Å². The van der Waals surface area contributed by atoms with Crippen LogP contribution in [-0.2, 0) is 9.47 Å². The zero-order chi connectivity index (χ0) is 21.1. The number of nitro groups is 1. The second kappa shape index (κ2) is 8.45. The molecule has 9 heteroatoms. The number of carbonyl (C=O) groups excluding carboxylic acids is 2. The Hall–Kier alpha value is -2.84. The molecule has 1 aromatic carbocycles. The molecule has 0 N–H and O–H groups in total. The van der Waals surface area contributed by atoms with Gasteiger partial charge in [0.15, 0.2) is 0 Å². The largest absolute Gasteiger partial charge is 0.462 e. The zero-order valence-corrected chi connectivity index (χ0v) is 16.9. The van der Waals surface area contributed by atoms with Gasteiger partial charge in [-0.1, -0.05) is 0 Å². The molecule has 28 heavy (non-hydrogen) atoms. The number of ether oxygens (including phenoxy) is 2. The van der Waals surface area contributed by atoms with Gasteiger partial charge >= 0.3 is 12.1 Å². The molecule has 0 spiro atoms. The molecule has 1 aliphatic heterocycles. The molecule has 1 aromatic rings. The first-order valence-electron chi connectivity index (χ1n) is 9.23. The Labute approximate surface area is 164 Å². The van der Waals surface area contributed by atoms with Crippen LogP contribution < -0.4 is 4.90 Å². The van der Waals surface area contributed by atoms with E-state index < -0.39 is 16.5 Å². The second-order valence-corrected chi connectivity index (χ2v) is 7.65. The molecular weight excluding hydrogens is 366 g/mol. The Morgan fingerprint density at radius 2 is 1.96 bits per heavy atom. The first kappa shape index (κ1) is 21.5. The number of nitrogens with zero attached hydrogens (tertiary/aromatic N) is 3. The van der Waals surface area contributed by atoms with Gasteiger partial charge in [-0.05, 0) is 46.8 Å². The second-order valence-electron chi connectivity index (χ2n) is 7.65. The molecule has 0 aliphatic carbocycles. The molecule has 1 heterocycles. The number of benzene rings is 1. The summed E-state index contributed by atoms with van der Waals surface area (Å²) in [6.45, 7) is 10.6. The summed E-state index contributed by atoms with van der Waals surface area (Å²) in [4.78, 5) is 38.7. The minimum atomic E-state index is -0.726. The first-order chi connectivity index (χ1) is 13.0. The molecule has 0 unspecified atom stereocenters. The predicted octanol–water partition coefficient (Wildman–Crippen LogP) is 3.22. The van der Waals surface area contributed by atoms with Crippen LogP contribution in [0.2, 0.25) is 0 Å². The molecule has 9 nitrogen and oxygen atoms in total. The van der Waals surface area contributed by atoms with Crippen molar-refractivity contribution in [3.63, 3.8) is 0 Å². The molecule has 2 rings (SSSR count). The highest BCUT2D eigenvalue weighted by atomic mass is 16.6. The number of hydrogen-bond acceptors (Lipinski definition) is 7. The average Bonchev–Trinajstić information content (AvgIpc) is 2.59. The van der Waals surface area contributed by atoms with Crippen molar-refractivity contribution in [2.24, 2.45) is 0 Å². The maximum Gasteiger partial charge on any atom is 0.410 e. The van der Waals surface area contributed by atoms with Gasteiger partial charge in [0, 0.05) is 37.4 Å². The number of rotatable bonds is 4. The van der Waals surface area contributed by atoms with Crippen molar-refractivity contribution in [3.8, 4) is 0 Å². The predicted molar refractivity (Wildman–Crippen MR) is 104 cm³/mol. The Morgan fingerprint density at radius 3 is 2.50 bits per heavy atom. The lowest BCUT2D eigenvalue weighted by Gasteiger charge is -2.41. The van der Waals surface area contributed by atoms with Crippen molar-refractivity contribution in [1.82, 2.24) is 4.90 Å². The van der Waals surface area contributed by atoms with E-state index in [4.69, 9.17) is 9.47 Å². The van der Waals surface area contributed by atoms with Crippen LogP contribution >= 0.6 is 0 Å². The van der Waals surface area contributed by atoms with Gasteiger partial charge < -0.3 is 19.3 Å². The quantitative estimate of drug-likeness (QED) is 0.440. The normalized spacial score (nSPS) is 17.2. The number of hydrogen-bond donors (Lipinski definition) is 0. The molecule has 0 bridgehead atoms. The first-order valence-corrected chi connectivity index (χ1v) is 9.23. The number of amides is 1. The summed E-state index contributed by atoms with van der Waals surface area (Å²) in [7, 11) is 0. The summed E-state index contributed by atoms with van der Waals surface area (Å²) < 4.78 is 10.4. The lowest BCUT2D eigenvalue weighted by molar-refractivity contribution is -0.385. The van der Waals surface area contributed by atoms with Gasteiger partial charge in [0.05, 0.1) is 11.5 Å². The summed E-state index contributed by atoms with van der Waals surface area (Å²) in [6, 6.07) is 4.35. The fourth-order valence-electron chi connectivity index (χ4n) is 3.07. The Balaban J connectivity index is 2.20. The van der Waals surface area contributed by atoms with E-state index in [0.29, 0.717) is 25.3 Å². The van der Waals surface area contributed by atoms with Crippen molar-refractivity contribution in [2.75, 3.05) is 31.1 Å². The SMILES string of the molecule is CCOC(=O)c1cc(N2CCN(C(=O)OC(C)(C)C)C[C@H]2C)ccc1[N+](=O)[O-]. The molecule has 1 atom stereocenters. The Kier molecular flexibility index (Phi) is 6.48. The minimum absolute atomic E-state index is 0.0576. The molecule has 1 amide bonds. The third-order valence-corrected chi connectivity index (χ3v) is 4.28. The van der Waals surface area contributed by atoms with Crippen LogP contribution in [0.25, 0.3) is 0 Å². The summed E-state index contributed by atoms with van der Waals surface area (Å²) in [6.07, 6.45) is -0.366. The van der Waals surface area contributed by atoms with E-state index in [0.717, 1.165) is 0 Å². The van der Waals surface area contributed by atoms with Crippen molar-refractivity contribution < 1.29 is 24.0 Å². The van der Waals surface area contributed by atoms with Crippen LogP contribution in [-0.4, -0.2) is 59.8 Å². The molecule has 1 aliphatic rings. The maximum absolute atomic E-state index is 12.3. The topological polar surface area (TPSA) is 102 Å². The standard InChI is InChI=1S/C19H27N3O6/c1-6-27-17(23)15-11-14(7-8-16(15)22(25)26)21-10-9-20(12-13(21)2)18(24)28-19(3,4)5/h7-8,11,13H,6,9-10,12H2,1-5H3/t13-/m1/s1. The van der Waals surface area contributed by atoms with Crippen molar-refractivity contribution in [3.05, 3.63) is 33.9 Å². The van der Waals surface area contributed by atoms with Gasteiger partial charge in [-0.3, -0.25) is 10.1 Å². The summed E-state index contributed by atoms with van der Waals surface area (Å²) in [5.41, 5.74) is -0.261. The van der Waals surface area contributed by atoms with Crippen LogP contribution in [0.15, 0.2) is 18.2 Å². The number of carbonyl (C=O) groups is 2. The maximum atomic E-state index is 12.3. The fourth-order valence-corrected chi connectivity index (χ4v) is 3.07. The minimum Gasteiger partial charge on any atom is -0.462 e. The van der Waals surface area contributed by atoms with E-state index in [9.17, 15) is 19.7 Å². The molecule has 0 aromatic heterocycles. The molecule has 1 saturated heterocycles.